The molecule has 112 valence electrons. The van der Waals surface area contributed by atoms with Crippen LogP contribution in [0.5, 0.6) is 0 Å². The molecule has 4 rings (SSSR count). The van der Waals surface area contributed by atoms with Gasteiger partial charge in [0, 0.05) is 17.6 Å². The first kappa shape index (κ1) is 13.2. The van der Waals surface area contributed by atoms with Gasteiger partial charge >= 0.3 is 0 Å². The van der Waals surface area contributed by atoms with E-state index in [2.05, 4.69) is 31.4 Å². The lowest BCUT2D eigenvalue weighted by atomic mass is 9.94. The van der Waals surface area contributed by atoms with Crippen LogP contribution < -0.4 is 5.73 Å². The van der Waals surface area contributed by atoms with E-state index < -0.39 is 0 Å². The van der Waals surface area contributed by atoms with Gasteiger partial charge in [0.15, 0.2) is 0 Å². The summed E-state index contributed by atoms with van der Waals surface area (Å²) < 4.78 is 2.49. The molecule has 0 saturated heterocycles. The van der Waals surface area contributed by atoms with E-state index >= 15 is 0 Å². The second-order valence-electron chi connectivity index (χ2n) is 8.16. The van der Waals surface area contributed by atoms with E-state index in [0.29, 0.717) is 5.41 Å². The zero-order valence-corrected chi connectivity index (χ0v) is 13.3. The summed E-state index contributed by atoms with van der Waals surface area (Å²) >= 11 is 0. The Morgan fingerprint density at radius 1 is 1.29 bits per heavy atom. The average Bonchev–Trinajstić information content (AvgIpc) is 3.26. The first-order valence-corrected chi connectivity index (χ1v) is 8.15. The van der Waals surface area contributed by atoms with Crippen LogP contribution in [0.3, 0.4) is 0 Å². The monoisotopic (exact) mass is 283 g/mol. The van der Waals surface area contributed by atoms with Crippen molar-refractivity contribution >= 4 is 16.7 Å². The fourth-order valence-corrected chi connectivity index (χ4v) is 3.75. The van der Waals surface area contributed by atoms with E-state index in [4.69, 9.17) is 10.7 Å². The van der Waals surface area contributed by atoms with E-state index in [1.165, 1.54) is 37.0 Å². The molecule has 0 bridgehead atoms. The smallest absolute Gasteiger partial charge is 0.115 e. The van der Waals surface area contributed by atoms with E-state index in [1.54, 1.807) is 0 Å². The lowest BCUT2D eigenvalue weighted by molar-refractivity contribution is 0.356. The molecule has 0 atom stereocenters. The number of hydrogen-bond donors (Lipinski definition) is 1. The van der Waals surface area contributed by atoms with Crippen molar-refractivity contribution in [1.29, 1.82) is 0 Å². The molecule has 2 aliphatic rings. The zero-order chi connectivity index (χ0) is 14.8. The standard InChI is InChI=1S/C18H25N3/c1-17(2,3)16-20-14-10-13(19)6-7-15(14)21(16)11-18(8-9-18)12-4-5-12/h6-7,10,12H,4-5,8-9,11,19H2,1-3H3. The van der Waals surface area contributed by atoms with Gasteiger partial charge in [0.1, 0.15) is 5.82 Å². The molecule has 0 unspecified atom stereocenters. The summed E-state index contributed by atoms with van der Waals surface area (Å²) in [5, 5.41) is 0. The highest BCUT2D eigenvalue weighted by molar-refractivity contribution is 5.80. The fourth-order valence-electron chi connectivity index (χ4n) is 3.75. The number of fused-ring (bicyclic) bond motifs is 1. The summed E-state index contributed by atoms with van der Waals surface area (Å²) in [6.07, 6.45) is 5.67. The molecule has 0 radical (unpaired) electrons. The van der Waals surface area contributed by atoms with E-state index in [9.17, 15) is 0 Å². The lowest BCUT2D eigenvalue weighted by Crippen LogP contribution is -2.23. The Morgan fingerprint density at radius 3 is 2.57 bits per heavy atom. The third-order valence-corrected chi connectivity index (χ3v) is 5.25. The Bertz CT molecular complexity index is 697. The van der Waals surface area contributed by atoms with Gasteiger partial charge in [0.25, 0.3) is 0 Å². The number of anilines is 1. The number of hydrogen-bond acceptors (Lipinski definition) is 2. The van der Waals surface area contributed by atoms with Gasteiger partial charge in [-0.25, -0.2) is 4.98 Å². The molecule has 0 aliphatic heterocycles. The van der Waals surface area contributed by atoms with Crippen molar-refractivity contribution in [3.63, 3.8) is 0 Å². The average molecular weight is 283 g/mol. The number of aromatic nitrogens is 2. The SMILES string of the molecule is CC(C)(C)c1nc2cc(N)ccc2n1CC1(C2CC2)CC1. The summed E-state index contributed by atoms with van der Waals surface area (Å²) in [7, 11) is 0. The normalized spacial score (nSPS) is 20.9. The van der Waals surface area contributed by atoms with Gasteiger partial charge < -0.3 is 10.3 Å². The molecular formula is C18H25N3. The highest BCUT2D eigenvalue weighted by Gasteiger charge is 2.54. The Morgan fingerprint density at radius 2 is 2.00 bits per heavy atom. The van der Waals surface area contributed by atoms with Crippen LogP contribution in [0.1, 0.15) is 52.3 Å². The van der Waals surface area contributed by atoms with Gasteiger partial charge in [-0.05, 0) is 55.2 Å². The Kier molecular flexibility index (Phi) is 2.52. The van der Waals surface area contributed by atoms with Crippen LogP contribution in [0.25, 0.3) is 11.0 Å². The largest absolute Gasteiger partial charge is 0.399 e. The maximum absolute atomic E-state index is 5.94. The third kappa shape index (κ3) is 2.14. The zero-order valence-electron chi connectivity index (χ0n) is 13.3. The molecule has 3 nitrogen and oxygen atoms in total. The van der Waals surface area contributed by atoms with Crippen molar-refractivity contribution in [3.8, 4) is 0 Å². The molecule has 21 heavy (non-hydrogen) atoms. The summed E-state index contributed by atoms with van der Waals surface area (Å²) in [6, 6.07) is 6.16. The Labute approximate surface area is 126 Å². The molecule has 3 heteroatoms. The predicted octanol–water partition coefficient (Wildman–Crippen LogP) is 4.11. The molecule has 2 aromatic rings. The minimum atomic E-state index is 0.0629. The van der Waals surface area contributed by atoms with Crippen molar-refractivity contribution in [2.75, 3.05) is 5.73 Å². The molecule has 0 spiro atoms. The van der Waals surface area contributed by atoms with Crippen LogP contribution >= 0.6 is 0 Å². The molecule has 1 aromatic heterocycles. The minimum Gasteiger partial charge on any atom is -0.399 e. The molecule has 2 N–H and O–H groups in total. The van der Waals surface area contributed by atoms with Crippen LogP contribution in [0.15, 0.2) is 18.2 Å². The first-order chi connectivity index (χ1) is 9.89. The Hall–Kier alpha value is -1.51. The molecule has 2 aliphatic carbocycles. The van der Waals surface area contributed by atoms with Gasteiger partial charge in [0.05, 0.1) is 11.0 Å². The molecule has 1 aromatic carbocycles. The number of nitrogen functional groups attached to an aromatic ring is 1. The van der Waals surface area contributed by atoms with Crippen LogP contribution in [0.2, 0.25) is 0 Å². The van der Waals surface area contributed by atoms with Crippen molar-refractivity contribution in [2.45, 2.75) is 58.4 Å². The van der Waals surface area contributed by atoms with E-state index in [-0.39, 0.29) is 5.41 Å². The van der Waals surface area contributed by atoms with Crippen molar-refractivity contribution in [3.05, 3.63) is 24.0 Å². The van der Waals surface area contributed by atoms with Gasteiger partial charge in [-0.1, -0.05) is 20.8 Å². The summed E-state index contributed by atoms with van der Waals surface area (Å²) in [6.45, 7) is 7.91. The maximum Gasteiger partial charge on any atom is 0.115 e. The van der Waals surface area contributed by atoms with Crippen LogP contribution in [-0.2, 0) is 12.0 Å². The second-order valence-corrected chi connectivity index (χ2v) is 8.16. The number of imidazole rings is 1. The van der Waals surface area contributed by atoms with Crippen molar-refractivity contribution in [1.82, 2.24) is 9.55 Å². The molecule has 0 amide bonds. The van der Waals surface area contributed by atoms with Crippen molar-refractivity contribution in [2.24, 2.45) is 11.3 Å². The lowest BCUT2D eigenvalue weighted by Gasteiger charge is -2.24. The highest BCUT2D eigenvalue weighted by atomic mass is 15.1. The summed E-state index contributed by atoms with van der Waals surface area (Å²) in [5.74, 6) is 2.17. The molecule has 2 saturated carbocycles. The van der Waals surface area contributed by atoms with E-state index in [0.717, 1.165) is 23.7 Å². The summed E-state index contributed by atoms with van der Waals surface area (Å²) in [5.41, 5.74) is 9.68. The minimum absolute atomic E-state index is 0.0629. The van der Waals surface area contributed by atoms with Gasteiger partial charge in [-0.3, -0.25) is 0 Å². The first-order valence-electron chi connectivity index (χ1n) is 8.15. The number of nitrogens with two attached hydrogens (primary N) is 1. The summed E-state index contributed by atoms with van der Waals surface area (Å²) in [4.78, 5) is 4.92. The Balaban J connectivity index is 1.84. The number of rotatable bonds is 3. The maximum atomic E-state index is 5.94. The quantitative estimate of drug-likeness (QED) is 0.862. The van der Waals surface area contributed by atoms with Crippen molar-refractivity contribution < 1.29 is 0 Å². The van der Waals surface area contributed by atoms with Crippen LogP contribution in [0, 0.1) is 11.3 Å². The molecule has 2 fully saturated rings. The van der Waals surface area contributed by atoms with Gasteiger partial charge in [-0.15, -0.1) is 0 Å². The van der Waals surface area contributed by atoms with Gasteiger partial charge in [-0.2, -0.15) is 0 Å². The second kappa shape index (κ2) is 4.02. The third-order valence-electron chi connectivity index (χ3n) is 5.25. The fraction of sp³-hybridized carbons (Fsp3) is 0.611. The van der Waals surface area contributed by atoms with Gasteiger partial charge in [0.2, 0.25) is 0 Å². The van der Waals surface area contributed by atoms with Crippen LogP contribution in [-0.4, -0.2) is 9.55 Å². The van der Waals surface area contributed by atoms with Crippen LogP contribution in [0.4, 0.5) is 5.69 Å². The highest BCUT2D eigenvalue weighted by Crippen LogP contribution is 2.62. The molecule has 1 heterocycles. The van der Waals surface area contributed by atoms with E-state index in [1.807, 2.05) is 12.1 Å². The number of benzene rings is 1. The number of nitrogens with zero attached hydrogens (tertiary/aromatic N) is 2. The molecular weight excluding hydrogens is 258 g/mol. The topological polar surface area (TPSA) is 43.8 Å². The predicted molar refractivity (Wildman–Crippen MR) is 87.2 cm³/mol.